The van der Waals surface area contributed by atoms with E-state index in [1.807, 2.05) is 57.4 Å². The number of guanidine groups is 1. The van der Waals surface area contributed by atoms with Crippen LogP contribution in [0.3, 0.4) is 0 Å². The largest absolute Gasteiger partial charge is 0.468 e. The van der Waals surface area contributed by atoms with Gasteiger partial charge in [0.15, 0.2) is 5.96 Å². The Morgan fingerprint density at radius 3 is 2.31 bits per heavy atom. The van der Waals surface area contributed by atoms with Crippen LogP contribution in [0, 0.1) is 0 Å². The van der Waals surface area contributed by atoms with Crippen molar-refractivity contribution in [3.63, 3.8) is 0 Å². The molecule has 0 aliphatic heterocycles. The average molecular weight is 513 g/mol. The summed E-state index contributed by atoms with van der Waals surface area (Å²) >= 11 is 0. The second kappa shape index (κ2) is 12.5. The fourth-order valence-corrected chi connectivity index (χ4v) is 2.73. The molecule has 0 saturated heterocycles. The van der Waals surface area contributed by atoms with Crippen molar-refractivity contribution in [1.82, 2.24) is 20.4 Å². The Morgan fingerprint density at radius 2 is 1.79 bits per heavy atom. The summed E-state index contributed by atoms with van der Waals surface area (Å²) < 4.78 is 5.55. The van der Waals surface area contributed by atoms with E-state index in [1.54, 1.807) is 25.3 Å². The molecule has 29 heavy (non-hydrogen) atoms. The Morgan fingerprint density at radius 1 is 1.10 bits per heavy atom. The zero-order valence-corrected chi connectivity index (χ0v) is 20.1. The van der Waals surface area contributed by atoms with E-state index in [-0.39, 0.29) is 35.9 Å². The number of halogens is 1. The van der Waals surface area contributed by atoms with Crippen LogP contribution in [0.4, 0.5) is 0 Å². The Kier molecular flexibility index (Phi) is 10.7. The predicted octanol–water partition coefficient (Wildman–Crippen LogP) is 2.96. The number of nitrogens with one attached hydrogen (secondary N) is 2. The minimum absolute atomic E-state index is 0. The highest BCUT2D eigenvalue weighted by atomic mass is 127. The summed E-state index contributed by atoms with van der Waals surface area (Å²) in [5.74, 6) is 1.65. The summed E-state index contributed by atoms with van der Waals surface area (Å²) in [5.41, 5.74) is 1.72. The van der Waals surface area contributed by atoms with Gasteiger partial charge in [-0.2, -0.15) is 0 Å². The fraction of sp³-hybridized carbons (Fsp3) is 0.429. The van der Waals surface area contributed by atoms with Gasteiger partial charge in [0.1, 0.15) is 5.76 Å². The topological polar surface area (TPSA) is 73.1 Å². The standard InChI is InChI=1S/C21H31N5O2.HI/c1-6-22-21(24-15-18(25(2)3)19-8-7-13-28-19)23-14-16-9-11-17(12-10-16)20(27)26(4)5;/h7-13,18H,6,14-15H2,1-5H3,(H2,22,23,24);1H. The van der Waals surface area contributed by atoms with Gasteiger partial charge in [-0.15, -0.1) is 24.0 Å². The number of furan rings is 1. The molecule has 1 atom stereocenters. The van der Waals surface area contributed by atoms with Gasteiger partial charge in [0, 0.05) is 32.7 Å². The van der Waals surface area contributed by atoms with Crippen molar-refractivity contribution in [3.8, 4) is 0 Å². The highest BCUT2D eigenvalue weighted by Crippen LogP contribution is 2.17. The number of likely N-dealkylation sites (N-methyl/N-ethyl adjacent to an activating group) is 1. The van der Waals surface area contributed by atoms with Gasteiger partial charge in [-0.1, -0.05) is 12.1 Å². The Labute approximate surface area is 190 Å². The molecule has 1 heterocycles. The summed E-state index contributed by atoms with van der Waals surface area (Å²) in [4.78, 5) is 20.3. The lowest BCUT2D eigenvalue weighted by atomic mass is 10.1. The molecule has 1 aromatic carbocycles. The quantitative estimate of drug-likeness (QED) is 0.323. The molecular weight excluding hydrogens is 481 g/mol. The first-order valence-corrected chi connectivity index (χ1v) is 9.45. The summed E-state index contributed by atoms with van der Waals surface area (Å²) in [6, 6.07) is 11.5. The lowest BCUT2D eigenvalue weighted by Gasteiger charge is -2.23. The van der Waals surface area contributed by atoms with Crippen molar-refractivity contribution in [1.29, 1.82) is 0 Å². The summed E-state index contributed by atoms with van der Waals surface area (Å²) in [6.07, 6.45) is 1.69. The first kappa shape index (κ1) is 25.0. The molecule has 0 spiro atoms. The van der Waals surface area contributed by atoms with E-state index >= 15 is 0 Å². The molecule has 160 valence electrons. The van der Waals surface area contributed by atoms with Gasteiger partial charge in [0.2, 0.25) is 0 Å². The van der Waals surface area contributed by atoms with Crippen LogP contribution < -0.4 is 10.6 Å². The molecule has 0 saturated carbocycles. The van der Waals surface area contributed by atoms with Crippen LogP contribution in [-0.4, -0.2) is 62.9 Å². The van der Waals surface area contributed by atoms with Crippen molar-refractivity contribution in [2.75, 3.05) is 41.3 Å². The molecule has 1 aromatic heterocycles. The maximum Gasteiger partial charge on any atom is 0.253 e. The summed E-state index contributed by atoms with van der Waals surface area (Å²) in [5, 5.41) is 6.65. The molecule has 1 amide bonds. The van der Waals surface area contributed by atoms with E-state index in [2.05, 4.69) is 20.5 Å². The van der Waals surface area contributed by atoms with Gasteiger partial charge in [0.05, 0.1) is 18.8 Å². The number of carbonyl (C=O) groups is 1. The lowest BCUT2D eigenvalue weighted by Crippen LogP contribution is -2.41. The van der Waals surface area contributed by atoms with Crippen LogP contribution in [0.15, 0.2) is 52.1 Å². The van der Waals surface area contributed by atoms with Gasteiger partial charge < -0.3 is 20.0 Å². The van der Waals surface area contributed by atoms with E-state index < -0.39 is 0 Å². The smallest absolute Gasteiger partial charge is 0.253 e. The van der Waals surface area contributed by atoms with Gasteiger partial charge in [-0.25, -0.2) is 4.99 Å². The molecule has 0 radical (unpaired) electrons. The predicted molar refractivity (Wildman–Crippen MR) is 128 cm³/mol. The molecule has 0 fully saturated rings. The maximum absolute atomic E-state index is 12.0. The van der Waals surface area contributed by atoms with E-state index in [9.17, 15) is 4.79 Å². The lowest BCUT2D eigenvalue weighted by molar-refractivity contribution is 0.0827. The molecule has 2 N–H and O–H groups in total. The number of hydrogen-bond donors (Lipinski definition) is 2. The first-order chi connectivity index (χ1) is 13.4. The number of aliphatic imine (C=N–C) groups is 1. The normalized spacial score (nSPS) is 12.3. The van der Waals surface area contributed by atoms with Gasteiger partial charge in [-0.3, -0.25) is 9.69 Å². The van der Waals surface area contributed by atoms with Crippen molar-refractivity contribution >= 4 is 35.8 Å². The second-order valence-corrected chi connectivity index (χ2v) is 6.97. The number of rotatable bonds is 8. The second-order valence-electron chi connectivity index (χ2n) is 6.97. The van der Waals surface area contributed by atoms with Crippen molar-refractivity contribution < 1.29 is 9.21 Å². The van der Waals surface area contributed by atoms with Crippen molar-refractivity contribution in [2.24, 2.45) is 4.99 Å². The third kappa shape index (κ3) is 7.69. The zero-order chi connectivity index (χ0) is 20.5. The Hall–Kier alpha value is -2.07. The van der Waals surface area contributed by atoms with Gasteiger partial charge >= 0.3 is 0 Å². The van der Waals surface area contributed by atoms with Gasteiger partial charge in [-0.05, 0) is 50.8 Å². The van der Waals surface area contributed by atoms with Crippen LogP contribution in [0.2, 0.25) is 0 Å². The van der Waals surface area contributed by atoms with Crippen LogP contribution in [0.25, 0.3) is 0 Å². The molecule has 7 nitrogen and oxygen atoms in total. The fourth-order valence-electron chi connectivity index (χ4n) is 2.73. The molecule has 8 heteroatoms. The van der Waals surface area contributed by atoms with E-state index in [0.717, 1.165) is 23.8 Å². The number of nitrogens with zero attached hydrogens (tertiary/aromatic N) is 3. The third-order valence-corrected chi connectivity index (χ3v) is 4.33. The SMILES string of the molecule is CCNC(=NCc1ccc(C(=O)N(C)C)cc1)NCC(c1ccco1)N(C)C.I. The Balaban J connectivity index is 0.00000420. The van der Waals surface area contributed by atoms with Crippen molar-refractivity contribution in [3.05, 3.63) is 59.5 Å². The minimum atomic E-state index is -0.00212. The summed E-state index contributed by atoms with van der Waals surface area (Å²) in [7, 11) is 7.54. The number of amides is 1. The highest BCUT2D eigenvalue weighted by molar-refractivity contribution is 14.0. The molecule has 0 bridgehead atoms. The van der Waals surface area contributed by atoms with E-state index in [1.165, 1.54) is 0 Å². The van der Waals surface area contributed by atoms with Crippen LogP contribution in [0.1, 0.15) is 34.6 Å². The molecule has 0 aliphatic rings. The minimum Gasteiger partial charge on any atom is -0.468 e. The number of hydrogen-bond acceptors (Lipinski definition) is 4. The van der Waals surface area contributed by atoms with Crippen LogP contribution in [-0.2, 0) is 6.54 Å². The van der Waals surface area contributed by atoms with E-state index in [4.69, 9.17) is 4.42 Å². The van der Waals surface area contributed by atoms with Crippen LogP contribution in [0.5, 0.6) is 0 Å². The average Bonchev–Trinajstić information content (AvgIpc) is 3.20. The molecule has 2 aromatic rings. The Bertz CT molecular complexity index is 758. The van der Waals surface area contributed by atoms with Gasteiger partial charge in [0.25, 0.3) is 5.91 Å². The van der Waals surface area contributed by atoms with Crippen LogP contribution >= 0.6 is 24.0 Å². The molecule has 0 aliphatic carbocycles. The van der Waals surface area contributed by atoms with E-state index in [0.29, 0.717) is 18.7 Å². The highest BCUT2D eigenvalue weighted by Gasteiger charge is 2.17. The third-order valence-electron chi connectivity index (χ3n) is 4.33. The number of benzene rings is 1. The molecule has 2 rings (SSSR count). The summed E-state index contributed by atoms with van der Waals surface area (Å²) in [6.45, 7) is 4.01. The monoisotopic (exact) mass is 513 g/mol. The molecular formula is C21H32IN5O2. The number of carbonyl (C=O) groups excluding carboxylic acids is 1. The maximum atomic E-state index is 12.0. The zero-order valence-electron chi connectivity index (χ0n) is 17.8. The first-order valence-electron chi connectivity index (χ1n) is 9.45. The van der Waals surface area contributed by atoms with Crippen molar-refractivity contribution in [2.45, 2.75) is 19.5 Å². The molecule has 1 unspecified atom stereocenters.